The molecular formula is C10H10BrNO2. The Hall–Kier alpha value is -1.03. The number of ether oxygens (including phenoxy) is 1. The first-order valence-corrected chi connectivity index (χ1v) is 5.18. The van der Waals surface area contributed by atoms with Crippen LogP contribution in [-0.4, -0.2) is 19.2 Å². The maximum atomic E-state index is 11.3. The molecule has 74 valence electrons. The summed E-state index contributed by atoms with van der Waals surface area (Å²) in [7, 11) is 0. The van der Waals surface area contributed by atoms with Crippen LogP contribution in [0.1, 0.15) is 5.56 Å². The van der Waals surface area contributed by atoms with Gasteiger partial charge in [-0.3, -0.25) is 4.90 Å². The van der Waals surface area contributed by atoms with Crippen molar-refractivity contribution in [2.45, 2.75) is 6.92 Å². The van der Waals surface area contributed by atoms with Crippen LogP contribution in [-0.2, 0) is 4.74 Å². The van der Waals surface area contributed by atoms with Crippen molar-refractivity contribution in [1.29, 1.82) is 0 Å². The molecule has 0 aromatic heterocycles. The molecule has 1 aromatic carbocycles. The normalized spacial score (nSPS) is 15.9. The van der Waals surface area contributed by atoms with E-state index in [1.54, 1.807) is 4.90 Å². The second-order valence-corrected chi connectivity index (χ2v) is 4.08. The van der Waals surface area contributed by atoms with Crippen molar-refractivity contribution >= 4 is 27.7 Å². The van der Waals surface area contributed by atoms with Crippen LogP contribution in [0.4, 0.5) is 10.5 Å². The van der Waals surface area contributed by atoms with Crippen LogP contribution in [0.2, 0.25) is 0 Å². The quantitative estimate of drug-likeness (QED) is 0.773. The van der Waals surface area contributed by atoms with Crippen LogP contribution >= 0.6 is 15.9 Å². The van der Waals surface area contributed by atoms with Gasteiger partial charge in [-0.15, -0.1) is 0 Å². The van der Waals surface area contributed by atoms with E-state index in [1.165, 1.54) is 0 Å². The highest BCUT2D eigenvalue weighted by Crippen LogP contribution is 2.28. The monoisotopic (exact) mass is 255 g/mol. The Morgan fingerprint density at radius 3 is 2.86 bits per heavy atom. The summed E-state index contributed by atoms with van der Waals surface area (Å²) in [4.78, 5) is 12.9. The molecule has 0 aliphatic carbocycles. The van der Waals surface area contributed by atoms with E-state index in [-0.39, 0.29) is 6.09 Å². The van der Waals surface area contributed by atoms with E-state index >= 15 is 0 Å². The molecule has 1 aliphatic heterocycles. The molecule has 0 bridgehead atoms. The molecule has 0 atom stereocenters. The number of carbonyl (C=O) groups is 1. The van der Waals surface area contributed by atoms with Crippen molar-refractivity contribution in [2.24, 2.45) is 0 Å². The molecule has 1 aromatic rings. The van der Waals surface area contributed by atoms with Gasteiger partial charge in [-0.2, -0.15) is 0 Å². The number of carbonyl (C=O) groups excluding carboxylic acids is 1. The number of hydrogen-bond donors (Lipinski definition) is 0. The van der Waals surface area contributed by atoms with E-state index in [0.29, 0.717) is 13.2 Å². The second-order valence-electron chi connectivity index (χ2n) is 3.22. The third kappa shape index (κ3) is 1.62. The van der Waals surface area contributed by atoms with Crippen LogP contribution in [0.15, 0.2) is 22.7 Å². The highest BCUT2D eigenvalue weighted by atomic mass is 79.9. The molecule has 3 nitrogen and oxygen atoms in total. The number of hydrogen-bond acceptors (Lipinski definition) is 2. The molecule has 0 radical (unpaired) electrons. The van der Waals surface area contributed by atoms with Crippen molar-refractivity contribution in [2.75, 3.05) is 18.1 Å². The average Bonchev–Trinajstić information content (AvgIpc) is 2.52. The van der Waals surface area contributed by atoms with E-state index in [9.17, 15) is 4.79 Å². The predicted octanol–water partition coefficient (Wildman–Crippen LogP) is 2.71. The number of cyclic esters (lactones) is 1. The molecular weight excluding hydrogens is 246 g/mol. The summed E-state index contributed by atoms with van der Waals surface area (Å²) in [5.41, 5.74) is 2.03. The average molecular weight is 256 g/mol. The maximum absolute atomic E-state index is 11.3. The van der Waals surface area contributed by atoms with E-state index in [4.69, 9.17) is 4.74 Å². The van der Waals surface area contributed by atoms with Gasteiger partial charge in [0.2, 0.25) is 0 Å². The van der Waals surface area contributed by atoms with E-state index in [1.807, 2.05) is 25.1 Å². The number of rotatable bonds is 1. The molecule has 4 heteroatoms. The number of anilines is 1. The largest absolute Gasteiger partial charge is 0.447 e. The molecule has 1 fully saturated rings. The lowest BCUT2D eigenvalue weighted by Crippen LogP contribution is -2.23. The van der Waals surface area contributed by atoms with E-state index in [0.717, 1.165) is 15.7 Å². The van der Waals surface area contributed by atoms with Gasteiger partial charge in [0.25, 0.3) is 0 Å². The van der Waals surface area contributed by atoms with E-state index in [2.05, 4.69) is 15.9 Å². The SMILES string of the molecule is Cc1ccc(N2CCOC2=O)c(Br)c1. The second kappa shape index (κ2) is 3.61. The van der Waals surface area contributed by atoms with Gasteiger partial charge >= 0.3 is 6.09 Å². The summed E-state index contributed by atoms with van der Waals surface area (Å²) in [5.74, 6) is 0. The molecule has 0 spiro atoms. The Morgan fingerprint density at radius 2 is 2.29 bits per heavy atom. The van der Waals surface area contributed by atoms with Crippen LogP contribution in [0, 0.1) is 6.92 Å². The fourth-order valence-electron chi connectivity index (χ4n) is 1.44. The Balaban J connectivity index is 2.36. The highest BCUT2D eigenvalue weighted by Gasteiger charge is 2.24. The molecule has 0 N–H and O–H groups in total. The Bertz CT molecular complexity index is 378. The van der Waals surface area contributed by atoms with Crippen molar-refractivity contribution in [3.05, 3.63) is 28.2 Å². The van der Waals surface area contributed by atoms with Gasteiger partial charge in [0.1, 0.15) is 6.61 Å². The lowest BCUT2D eigenvalue weighted by atomic mass is 10.2. The molecule has 0 unspecified atom stereocenters. The fourth-order valence-corrected chi connectivity index (χ4v) is 2.15. The Morgan fingerprint density at radius 1 is 1.50 bits per heavy atom. The first kappa shape index (κ1) is 9.52. The third-order valence-corrected chi connectivity index (χ3v) is 2.79. The van der Waals surface area contributed by atoms with E-state index < -0.39 is 0 Å². The zero-order valence-corrected chi connectivity index (χ0v) is 9.37. The van der Waals surface area contributed by atoms with Gasteiger partial charge in [0.05, 0.1) is 12.2 Å². The fraction of sp³-hybridized carbons (Fsp3) is 0.300. The molecule has 2 rings (SSSR count). The standard InChI is InChI=1S/C10H10BrNO2/c1-7-2-3-9(8(11)6-7)12-4-5-14-10(12)13/h2-3,6H,4-5H2,1H3. The summed E-state index contributed by atoms with van der Waals surface area (Å²) in [6.45, 7) is 3.11. The van der Waals surface area contributed by atoms with Gasteiger partial charge in [-0.05, 0) is 40.5 Å². The number of aryl methyl sites for hydroxylation is 1. The number of amides is 1. The van der Waals surface area contributed by atoms with Gasteiger partial charge in [-0.1, -0.05) is 6.07 Å². The summed E-state index contributed by atoms with van der Waals surface area (Å²) < 4.78 is 5.80. The number of halogens is 1. The summed E-state index contributed by atoms with van der Waals surface area (Å²) in [6, 6.07) is 5.89. The molecule has 14 heavy (non-hydrogen) atoms. The smallest absolute Gasteiger partial charge is 0.414 e. The minimum atomic E-state index is -0.269. The molecule has 1 amide bonds. The minimum absolute atomic E-state index is 0.269. The van der Waals surface area contributed by atoms with Crippen molar-refractivity contribution < 1.29 is 9.53 Å². The van der Waals surface area contributed by atoms with Gasteiger partial charge in [0.15, 0.2) is 0 Å². The molecule has 1 heterocycles. The van der Waals surface area contributed by atoms with Gasteiger partial charge in [0, 0.05) is 4.47 Å². The first-order valence-electron chi connectivity index (χ1n) is 4.39. The topological polar surface area (TPSA) is 29.5 Å². The Kier molecular flexibility index (Phi) is 2.46. The molecule has 1 aliphatic rings. The van der Waals surface area contributed by atoms with Crippen molar-refractivity contribution in [1.82, 2.24) is 0 Å². The molecule has 1 saturated heterocycles. The zero-order valence-electron chi connectivity index (χ0n) is 7.79. The van der Waals surface area contributed by atoms with Crippen LogP contribution in [0.25, 0.3) is 0 Å². The first-order chi connectivity index (χ1) is 6.68. The summed E-state index contributed by atoms with van der Waals surface area (Å²) in [5, 5.41) is 0. The number of nitrogens with zero attached hydrogens (tertiary/aromatic N) is 1. The van der Waals surface area contributed by atoms with Crippen molar-refractivity contribution in [3.63, 3.8) is 0 Å². The summed E-state index contributed by atoms with van der Waals surface area (Å²) in [6.07, 6.45) is -0.269. The Labute approximate surface area is 90.8 Å². The predicted molar refractivity (Wildman–Crippen MR) is 57.6 cm³/mol. The van der Waals surface area contributed by atoms with Crippen LogP contribution < -0.4 is 4.90 Å². The zero-order chi connectivity index (χ0) is 10.1. The van der Waals surface area contributed by atoms with Crippen LogP contribution in [0.5, 0.6) is 0 Å². The maximum Gasteiger partial charge on any atom is 0.414 e. The third-order valence-electron chi connectivity index (χ3n) is 2.15. The highest BCUT2D eigenvalue weighted by molar-refractivity contribution is 9.10. The van der Waals surface area contributed by atoms with Crippen LogP contribution in [0.3, 0.4) is 0 Å². The summed E-state index contributed by atoms with van der Waals surface area (Å²) >= 11 is 3.44. The lowest BCUT2D eigenvalue weighted by molar-refractivity contribution is 0.181. The minimum Gasteiger partial charge on any atom is -0.447 e. The van der Waals surface area contributed by atoms with Crippen molar-refractivity contribution in [3.8, 4) is 0 Å². The number of benzene rings is 1. The lowest BCUT2D eigenvalue weighted by Gasteiger charge is -2.14. The van der Waals surface area contributed by atoms with Gasteiger partial charge < -0.3 is 4.74 Å². The molecule has 0 saturated carbocycles. The van der Waals surface area contributed by atoms with Gasteiger partial charge in [-0.25, -0.2) is 4.79 Å².